The van der Waals surface area contributed by atoms with Crippen molar-refractivity contribution < 1.29 is 9.72 Å². The van der Waals surface area contributed by atoms with Crippen LogP contribution < -0.4 is 5.32 Å². The zero-order chi connectivity index (χ0) is 15.6. The summed E-state index contributed by atoms with van der Waals surface area (Å²) in [5.74, 6) is -0.521. The van der Waals surface area contributed by atoms with Crippen molar-refractivity contribution in [2.24, 2.45) is 0 Å². The van der Waals surface area contributed by atoms with E-state index >= 15 is 0 Å². The number of pyridine rings is 1. The minimum absolute atomic E-state index is 0.123. The van der Waals surface area contributed by atoms with Crippen LogP contribution in [0.1, 0.15) is 10.4 Å². The van der Waals surface area contributed by atoms with E-state index in [0.717, 1.165) is 0 Å². The number of halogens is 3. The van der Waals surface area contributed by atoms with Crippen molar-refractivity contribution in [3.63, 3.8) is 0 Å². The van der Waals surface area contributed by atoms with Gasteiger partial charge in [-0.1, -0.05) is 11.6 Å². The second-order valence-electron chi connectivity index (χ2n) is 3.87. The standard InChI is InChI=1S/C12H6Br2ClN3O3/c13-7-4-9(11(15)16-5-7)17-12(19)6-1-2-8(14)10(3-6)18(20)21/h1-5H,(H,17,19). The zero-order valence-corrected chi connectivity index (χ0v) is 14.1. The van der Waals surface area contributed by atoms with Gasteiger partial charge in [-0.05, 0) is 50.1 Å². The molecule has 9 heteroatoms. The Morgan fingerprint density at radius 2 is 2.05 bits per heavy atom. The minimum Gasteiger partial charge on any atom is -0.319 e. The Bertz CT molecular complexity index is 740. The predicted molar refractivity (Wildman–Crippen MR) is 85.7 cm³/mol. The fourth-order valence-electron chi connectivity index (χ4n) is 1.50. The van der Waals surface area contributed by atoms with Crippen LogP contribution in [0.25, 0.3) is 0 Å². The largest absolute Gasteiger partial charge is 0.319 e. The molecular formula is C12H6Br2ClN3O3. The fourth-order valence-corrected chi connectivity index (χ4v) is 2.37. The lowest BCUT2D eigenvalue weighted by molar-refractivity contribution is -0.385. The lowest BCUT2D eigenvalue weighted by Crippen LogP contribution is -2.13. The number of amides is 1. The van der Waals surface area contributed by atoms with E-state index in [1.807, 2.05) is 0 Å². The van der Waals surface area contributed by atoms with E-state index < -0.39 is 10.8 Å². The molecule has 1 N–H and O–H groups in total. The average Bonchev–Trinajstić information content (AvgIpc) is 2.43. The zero-order valence-electron chi connectivity index (χ0n) is 10.1. The Morgan fingerprint density at radius 3 is 2.71 bits per heavy atom. The monoisotopic (exact) mass is 433 g/mol. The van der Waals surface area contributed by atoms with Crippen LogP contribution >= 0.6 is 43.5 Å². The molecule has 0 unspecified atom stereocenters. The van der Waals surface area contributed by atoms with Gasteiger partial charge < -0.3 is 5.32 Å². The maximum Gasteiger partial charge on any atom is 0.284 e. The van der Waals surface area contributed by atoms with Gasteiger partial charge in [-0.3, -0.25) is 14.9 Å². The Balaban J connectivity index is 2.30. The Labute approximate surface area is 140 Å². The predicted octanol–water partition coefficient (Wildman–Crippen LogP) is 4.42. The van der Waals surface area contributed by atoms with E-state index in [-0.39, 0.29) is 16.4 Å². The lowest BCUT2D eigenvalue weighted by atomic mass is 10.2. The number of benzene rings is 1. The molecule has 21 heavy (non-hydrogen) atoms. The summed E-state index contributed by atoms with van der Waals surface area (Å²) in [6.45, 7) is 0. The molecule has 0 fully saturated rings. The summed E-state index contributed by atoms with van der Waals surface area (Å²) in [5, 5.41) is 13.5. The number of anilines is 1. The highest BCUT2D eigenvalue weighted by Crippen LogP contribution is 2.27. The van der Waals surface area contributed by atoms with Gasteiger partial charge in [0, 0.05) is 22.3 Å². The summed E-state index contributed by atoms with van der Waals surface area (Å²) in [6.07, 6.45) is 1.49. The van der Waals surface area contributed by atoms with Gasteiger partial charge in [0.1, 0.15) is 0 Å². The molecule has 0 saturated carbocycles. The van der Waals surface area contributed by atoms with Crippen LogP contribution in [0.5, 0.6) is 0 Å². The molecule has 108 valence electrons. The van der Waals surface area contributed by atoms with Crippen molar-refractivity contribution in [2.45, 2.75) is 0 Å². The van der Waals surface area contributed by atoms with Gasteiger partial charge in [0.2, 0.25) is 0 Å². The highest BCUT2D eigenvalue weighted by atomic mass is 79.9. The van der Waals surface area contributed by atoms with Crippen LogP contribution in [-0.2, 0) is 0 Å². The molecule has 0 aliphatic rings. The Hall–Kier alpha value is -1.51. The number of nitro groups is 1. The van der Waals surface area contributed by atoms with Gasteiger partial charge in [0.15, 0.2) is 5.15 Å². The molecule has 2 rings (SSSR count). The molecule has 2 aromatic rings. The first-order chi connectivity index (χ1) is 9.88. The van der Waals surface area contributed by atoms with E-state index in [4.69, 9.17) is 11.6 Å². The fraction of sp³-hybridized carbons (Fsp3) is 0. The minimum atomic E-state index is -0.575. The first-order valence-corrected chi connectivity index (χ1v) is 7.41. The molecule has 0 bridgehead atoms. The van der Waals surface area contributed by atoms with Crippen LogP contribution in [0.15, 0.2) is 39.4 Å². The third-order valence-corrected chi connectivity index (χ3v) is 3.86. The van der Waals surface area contributed by atoms with Crippen molar-refractivity contribution in [3.05, 3.63) is 60.2 Å². The number of nitrogens with zero attached hydrogens (tertiary/aromatic N) is 2. The van der Waals surface area contributed by atoms with Crippen LogP contribution in [0.3, 0.4) is 0 Å². The molecule has 0 saturated heterocycles. The number of nitro benzene ring substituents is 1. The quantitative estimate of drug-likeness (QED) is 0.439. The van der Waals surface area contributed by atoms with Crippen LogP contribution in [0, 0.1) is 10.1 Å². The summed E-state index contributed by atoms with van der Waals surface area (Å²) < 4.78 is 0.940. The molecule has 0 aliphatic heterocycles. The lowest BCUT2D eigenvalue weighted by Gasteiger charge is -2.07. The average molecular weight is 435 g/mol. The highest BCUT2D eigenvalue weighted by Gasteiger charge is 2.17. The molecule has 1 amide bonds. The number of carbonyl (C=O) groups is 1. The highest BCUT2D eigenvalue weighted by molar-refractivity contribution is 9.10. The second kappa shape index (κ2) is 6.50. The summed E-state index contributed by atoms with van der Waals surface area (Å²) in [6, 6.07) is 5.67. The molecule has 0 atom stereocenters. The Morgan fingerprint density at radius 1 is 1.33 bits per heavy atom. The number of carbonyl (C=O) groups excluding carboxylic acids is 1. The maximum absolute atomic E-state index is 12.1. The van der Waals surface area contributed by atoms with E-state index in [1.165, 1.54) is 24.4 Å². The summed E-state index contributed by atoms with van der Waals surface area (Å²) in [4.78, 5) is 26.3. The SMILES string of the molecule is O=C(Nc1cc(Br)cnc1Cl)c1ccc(Br)c([N+](=O)[O-])c1. The molecule has 0 radical (unpaired) electrons. The summed E-state index contributed by atoms with van der Waals surface area (Å²) >= 11 is 12.1. The third-order valence-electron chi connectivity index (χ3n) is 2.46. The topological polar surface area (TPSA) is 85.1 Å². The smallest absolute Gasteiger partial charge is 0.284 e. The van der Waals surface area contributed by atoms with E-state index in [9.17, 15) is 14.9 Å². The first kappa shape index (κ1) is 15.9. The number of aromatic nitrogens is 1. The second-order valence-corrected chi connectivity index (χ2v) is 6.00. The van der Waals surface area contributed by atoms with Crippen LogP contribution in [-0.4, -0.2) is 15.8 Å². The summed E-state index contributed by atoms with van der Waals surface area (Å²) in [5.41, 5.74) is 0.253. The van der Waals surface area contributed by atoms with Crippen molar-refractivity contribution in [3.8, 4) is 0 Å². The van der Waals surface area contributed by atoms with Gasteiger partial charge >= 0.3 is 0 Å². The van der Waals surface area contributed by atoms with Crippen LogP contribution in [0.2, 0.25) is 5.15 Å². The molecule has 0 spiro atoms. The van der Waals surface area contributed by atoms with E-state index in [0.29, 0.717) is 14.6 Å². The molecule has 6 nitrogen and oxygen atoms in total. The molecule has 1 heterocycles. The normalized spacial score (nSPS) is 10.2. The number of nitrogens with one attached hydrogen (secondary N) is 1. The number of hydrogen-bond acceptors (Lipinski definition) is 4. The number of hydrogen-bond donors (Lipinski definition) is 1. The van der Waals surface area contributed by atoms with E-state index in [2.05, 4.69) is 42.2 Å². The van der Waals surface area contributed by atoms with Crippen molar-refractivity contribution >= 4 is 60.7 Å². The number of rotatable bonds is 3. The Kier molecular flexibility index (Phi) is 4.92. The molecule has 0 aliphatic carbocycles. The van der Waals surface area contributed by atoms with Gasteiger partial charge in [-0.25, -0.2) is 4.98 Å². The van der Waals surface area contributed by atoms with Gasteiger partial charge in [-0.2, -0.15) is 0 Å². The maximum atomic E-state index is 12.1. The van der Waals surface area contributed by atoms with Crippen molar-refractivity contribution in [1.82, 2.24) is 4.98 Å². The van der Waals surface area contributed by atoms with E-state index in [1.54, 1.807) is 6.07 Å². The van der Waals surface area contributed by atoms with Gasteiger partial charge in [-0.15, -0.1) is 0 Å². The van der Waals surface area contributed by atoms with Crippen molar-refractivity contribution in [1.29, 1.82) is 0 Å². The molecule has 1 aromatic carbocycles. The molecular weight excluding hydrogens is 429 g/mol. The van der Waals surface area contributed by atoms with Gasteiger partial charge in [0.25, 0.3) is 11.6 Å². The summed E-state index contributed by atoms with van der Waals surface area (Å²) in [7, 11) is 0. The third kappa shape index (κ3) is 3.78. The van der Waals surface area contributed by atoms with Crippen molar-refractivity contribution in [2.75, 3.05) is 5.32 Å². The molecule has 1 aromatic heterocycles. The van der Waals surface area contributed by atoms with Gasteiger partial charge in [0.05, 0.1) is 15.1 Å². The van der Waals surface area contributed by atoms with Crippen LogP contribution in [0.4, 0.5) is 11.4 Å². The first-order valence-electron chi connectivity index (χ1n) is 5.45.